The maximum absolute atomic E-state index is 11.8. The molecule has 4 heteroatoms. The number of rotatable bonds is 15. The van der Waals surface area contributed by atoms with Crippen molar-refractivity contribution in [3.05, 3.63) is 0 Å². The van der Waals surface area contributed by atoms with Gasteiger partial charge in [-0.3, -0.25) is 9.59 Å². The largest absolute Gasteiger partial charge is 0.481 e. The third-order valence-electron chi connectivity index (χ3n) is 4.13. The average Bonchev–Trinajstić information content (AvgIpc) is 2.44. The first-order valence-corrected chi connectivity index (χ1v) is 9.06. The number of carboxylic acid groups (broad SMARTS) is 1. The molecule has 134 valence electrons. The number of hydrogen-bond donors (Lipinski definition) is 1. The summed E-state index contributed by atoms with van der Waals surface area (Å²) in [6, 6.07) is 0. The fourth-order valence-corrected chi connectivity index (χ4v) is 2.73. The zero-order valence-electron chi connectivity index (χ0n) is 15.1. The maximum Gasteiger partial charge on any atom is 0.306 e. The van der Waals surface area contributed by atoms with Gasteiger partial charge in [0.2, 0.25) is 0 Å². The Labute approximate surface area is 141 Å². The molecule has 0 rings (SSSR count). The van der Waals surface area contributed by atoms with Crippen LogP contribution in [0.25, 0.3) is 0 Å². The second-order valence-corrected chi connectivity index (χ2v) is 7.07. The monoisotopic (exact) mass is 326 g/mol. The second-order valence-electron chi connectivity index (χ2n) is 7.07. The molecular formula is C19H34O4. The van der Waals surface area contributed by atoms with E-state index in [0.29, 0.717) is 25.0 Å². The topological polar surface area (TPSA) is 71.4 Å². The lowest BCUT2D eigenvalue weighted by atomic mass is 9.95. The Kier molecular flexibility index (Phi) is 12.6. The third kappa shape index (κ3) is 14.2. The number of carboxylic acids is 1. The van der Waals surface area contributed by atoms with Gasteiger partial charge in [0.05, 0.1) is 5.92 Å². The molecule has 0 amide bonds. The predicted octanol–water partition coefficient (Wildman–Crippen LogP) is 4.79. The molecule has 1 atom stereocenters. The molecule has 0 aromatic heterocycles. The van der Waals surface area contributed by atoms with E-state index in [2.05, 4.69) is 13.8 Å². The van der Waals surface area contributed by atoms with Gasteiger partial charge in [-0.05, 0) is 32.1 Å². The minimum atomic E-state index is -0.891. The van der Waals surface area contributed by atoms with Crippen molar-refractivity contribution in [1.82, 2.24) is 0 Å². The molecule has 4 nitrogen and oxygen atoms in total. The lowest BCUT2D eigenvalue weighted by Crippen LogP contribution is -2.16. The maximum atomic E-state index is 11.8. The molecule has 0 saturated carbocycles. The highest BCUT2D eigenvalue weighted by atomic mass is 16.4. The number of hydrogen-bond acceptors (Lipinski definition) is 3. The van der Waals surface area contributed by atoms with E-state index in [1.54, 1.807) is 0 Å². The van der Waals surface area contributed by atoms with Crippen molar-refractivity contribution < 1.29 is 19.5 Å². The van der Waals surface area contributed by atoms with Crippen molar-refractivity contribution in [2.75, 3.05) is 0 Å². The predicted molar refractivity (Wildman–Crippen MR) is 92.4 cm³/mol. The minimum Gasteiger partial charge on any atom is -0.481 e. The van der Waals surface area contributed by atoms with Gasteiger partial charge in [-0.15, -0.1) is 0 Å². The molecule has 0 spiro atoms. The molecule has 0 radical (unpaired) electrons. The van der Waals surface area contributed by atoms with E-state index in [4.69, 9.17) is 5.11 Å². The van der Waals surface area contributed by atoms with Crippen LogP contribution < -0.4 is 0 Å². The van der Waals surface area contributed by atoms with Crippen LogP contribution in [0.2, 0.25) is 0 Å². The highest BCUT2D eigenvalue weighted by Crippen LogP contribution is 2.16. The van der Waals surface area contributed by atoms with Crippen LogP contribution in [0.4, 0.5) is 0 Å². The number of carbonyl (C=O) groups is 3. The van der Waals surface area contributed by atoms with E-state index in [-0.39, 0.29) is 12.2 Å². The van der Waals surface area contributed by atoms with E-state index >= 15 is 0 Å². The molecule has 0 aliphatic heterocycles. The van der Waals surface area contributed by atoms with E-state index in [0.717, 1.165) is 38.0 Å². The van der Waals surface area contributed by atoms with E-state index in [1.165, 1.54) is 19.8 Å². The smallest absolute Gasteiger partial charge is 0.306 e. The normalized spacial score (nSPS) is 12.3. The summed E-state index contributed by atoms with van der Waals surface area (Å²) in [6.07, 6.45) is 8.96. The van der Waals surface area contributed by atoms with Crippen LogP contribution in [-0.2, 0) is 14.4 Å². The summed E-state index contributed by atoms with van der Waals surface area (Å²) in [5, 5.41) is 9.04. The fourth-order valence-electron chi connectivity index (χ4n) is 2.73. The number of aliphatic carboxylic acids is 1. The van der Waals surface area contributed by atoms with E-state index in [1.807, 2.05) is 0 Å². The Hall–Kier alpha value is -1.19. The average molecular weight is 326 g/mol. The van der Waals surface area contributed by atoms with E-state index < -0.39 is 11.9 Å². The Bertz CT molecular complexity index is 360. The molecule has 0 bridgehead atoms. The van der Waals surface area contributed by atoms with Crippen LogP contribution in [0.3, 0.4) is 0 Å². The molecule has 0 fully saturated rings. The van der Waals surface area contributed by atoms with Crippen LogP contribution in [-0.4, -0.2) is 22.6 Å². The molecule has 0 aliphatic carbocycles. The van der Waals surface area contributed by atoms with Crippen molar-refractivity contribution in [1.29, 1.82) is 0 Å². The second kappa shape index (κ2) is 13.3. The summed E-state index contributed by atoms with van der Waals surface area (Å²) in [7, 11) is 0. The van der Waals surface area contributed by atoms with Gasteiger partial charge in [0.1, 0.15) is 11.6 Å². The molecule has 1 N–H and O–H groups in total. The minimum absolute atomic E-state index is 0.0787. The van der Waals surface area contributed by atoms with Gasteiger partial charge in [0.15, 0.2) is 0 Å². The molecule has 0 aromatic rings. The lowest BCUT2D eigenvalue weighted by molar-refractivity contribution is -0.143. The van der Waals surface area contributed by atoms with Crippen molar-refractivity contribution in [2.45, 2.75) is 91.4 Å². The van der Waals surface area contributed by atoms with Crippen molar-refractivity contribution in [3.63, 3.8) is 0 Å². The van der Waals surface area contributed by atoms with Crippen molar-refractivity contribution >= 4 is 17.5 Å². The highest BCUT2D eigenvalue weighted by molar-refractivity contribution is 5.81. The summed E-state index contributed by atoms with van der Waals surface area (Å²) in [5.74, 6) is -0.469. The molecule has 0 aliphatic rings. The van der Waals surface area contributed by atoms with Gasteiger partial charge >= 0.3 is 5.97 Å². The zero-order valence-corrected chi connectivity index (χ0v) is 15.1. The Morgan fingerprint density at radius 1 is 0.826 bits per heavy atom. The summed E-state index contributed by atoms with van der Waals surface area (Å²) in [4.78, 5) is 33.8. The Morgan fingerprint density at radius 3 is 1.78 bits per heavy atom. The van der Waals surface area contributed by atoms with Crippen molar-refractivity contribution in [3.8, 4) is 0 Å². The van der Waals surface area contributed by atoms with Crippen LogP contribution in [0.15, 0.2) is 0 Å². The molecule has 0 aromatic carbocycles. The molecule has 23 heavy (non-hydrogen) atoms. The molecule has 1 unspecified atom stereocenters. The van der Waals surface area contributed by atoms with Crippen molar-refractivity contribution in [2.24, 2.45) is 11.8 Å². The number of carbonyl (C=O) groups excluding carboxylic acids is 2. The van der Waals surface area contributed by atoms with Crippen LogP contribution >= 0.6 is 0 Å². The first kappa shape index (κ1) is 21.8. The van der Waals surface area contributed by atoms with Gasteiger partial charge in [-0.25, -0.2) is 0 Å². The SMILES string of the molecule is CC(=O)CC(CCCCCC(=O)CCCCCC(C)C)C(=O)O. The number of Topliss-reactive ketones (excluding diaryl/α,β-unsaturated/α-hetero) is 2. The Morgan fingerprint density at radius 2 is 1.35 bits per heavy atom. The molecule has 0 saturated heterocycles. The van der Waals surface area contributed by atoms with Gasteiger partial charge in [0.25, 0.3) is 0 Å². The first-order chi connectivity index (χ1) is 10.8. The summed E-state index contributed by atoms with van der Waals surface area (Å²) in [5.41, 5.74) is 0. The van der Waals surface area contributed by atoms with Crippen LogP contribution in [0.1, 0.15) is 91.4 Å². The Balaban J connectivity index is 3.60. The quantitative estimate of drug-likeness (QED) is 0.439. The number of ketones is 2. The molecular weight excluding hydrogens is 292 g/mol. The summed E-state index contributed by atoms with van der Waals surface area (Å²) < 4.78 is 0. The van der Waals surface area contributed by atoms with Gasteiger partial charge in [-0.2, -0.15) is 0 Å². The van der Waals surface area contributed by atoms with Gasteiger partial charge < -0.3 is 9.90 Å². The first-order valence-electron chi connectivity index (χ1n) is 9.06. The van der Waals surface area contributed by atoms with Gasteiger partial charge in [-0.1, -0.05) is 46.0 Å². The van der Waals surface area contributed by atoms with Gasteiger partial charge in [0, 0.05) is 19.3 Å². The highest BCUT2D eigenvalue weighted by Gasteiger charge is 2.18. The fraction of sp³-hybridized carbons (Fsp3) is 0.842. The molecule has 0 heterocycles. The van der Waals surface area contributed by atoms with Crippen LogP contribution in [0.5, 0.6) is 0 Å². The zero-order chi connectivity index (χ0) is 17.7. The summed E-state index contributed by atoms with van der Waals surface area (Å²) >= 11 is 0. The standard InChI is InChI=1S/C19H34O4/c1-15(2)10-6-4-8-12-18(21)13-9-5-7-11-17(19(22)23)14-16(3)20/h15,17H,4-14H2,1-3H3,(H,22,23). The summed E-state index contributed by atoms with van der Waals surface area (Å²) in [6.45, 7) is 5.86. The van der Waals surface area contributed by atoms with Crippen LogP contribution in [0, 0.1) is 11.8 Å². The lowest BCUT2D eigenvalue weighted by Gasteiger charge is -2.09. The van der Waals surface area contributed by atoms with E-state index in [9.17, 15) is 14.4 Å². The number of unbranched alkanes of at least 4 members (excludes halogenated alkanes) is 4. The third-order valence-corrected chi connectivity index (χ3v) is 4.13.